The fourth-order valence-corrected chi connectivity index (χ4v) is 1.43. The van der Waals surface area contributed by atoms with Gasteiger partial charge in [-0.2, -0.15) is 4.98 Å². The fraction of sp³-hybridized carbons (Fsp3) is 0.444. The molecule has 2 heterocycles. The molecule has 0 aromatic carbocycles. The fourth-order valence-electron chi connectivity index (χ4n) is 1.28. The molecule has 80 valence electrons. The molecule has 5 nitrogen and oxygen atoms in total. The molecular formula is C9H12ClN5. The predicted molar refractivity (Wildman–Crippen MR) is 57.8 cm³/mol. The summed E-state index contributed by atoms with van der Waals surface area (Å²) in [6, 6.07) is 0. The molecule has 0 amide bonds. The lowest BCUT2D eigenvalue weighted by atomic mass is 10.0. The van der Waals surface area contributed by atoms with E-state index in [2.05, 4.69) is 15.1 Å². The van der Waals surface area contributed by atoms with Crippen LogP contribution in [0.25, 0.3) is 5.78 Å². The molecule has 0 atom stereocenters. The Morgan fingerprint density at radius 3 is 2.93 bits per heavy atom. The maximum atomic E-state index is 5.88. The van der Waals surface area contributed by atoms with E-state index in [9.17, 15) is 0 Å². The summed E-state index contributed by atoms with van der Waals surface area (Å²) < 4.78 is 1.56. The normalized spacial score (nSPS) is 12.3. The standard InChI is InChI=1S/C9H12ClN5/c1-9(2,11)3-7-13-8-12-4-6(10)5-15(8)14-7/h4-5H,3,11H2,1-2H3. The lowest BCUT2D eigenvalue weighted by Gasteiger charge is -2.14. The highest BCUT2D eigenvalue weighted by molar-refractivity contribution is 6.30. The van der Waals surface area contributed by atoms with Gasteiger partial charge in [0, 0.05) is 12.0 Å². The molecule has 15 heavy (non-hydrogen) atoms. The Balaban J connectivity index is 2.39. The largest absolute Gasteiger partial charge is 0.325 e. The number of rotatable bonds is 2. The van der Waals surface area contributed by atoms with E-state index in [1.54, 1.807) is 16.9 Å². The van der Waals surface area contributed by atoms with Gasteiger partial charge in [-0.25, -0.2) is 9.50 Å². The van der Waals surface area contributed by atoms with Crippen molar-refractivity contribution in [1.82, 2.24) is 19.6 Å². The molecule has 0 unspecified atom stereocenters. The number of halogens is 1. The Labute approximate surface area is 92.3 Å². The van der Waals surface area contributed by atoms with Gasteiger partial charge >= 0.3 is 0 Å². The van der Waals surface area contributed by atoms with Crippen LogP contribution in [0.1, 0.15) is 19.7 Å². The van der Waals surface area contributed by atoms with Crippen LogP contribution in [0.15, 0.2) is 12.4 Å². The first-order valence-corrected chi connectivity index (χ1v) is 4.97. The number of nitrogens with two attached hydrogens (primary N) is 1. The van der Waals surface area contributed by atoms with Crippen molar-refractivity contribution in [2.75, 3.05) is 0 Å². The van der Waals surface area contributed by atoms with Crippen molar-refractivity contribution in [3.63, 3.8) is 0 Å². The van der Waals surface area contributed by atoms with Crippen LogP contribution in [0.5, 0.6) is 0 Å². The zero-order valence-corrected chi connectivity index (χ0v) is 9.36. The zero-order chi connectivity index (χ0) is 11.1. The molecule has 0 bridgehead atoms. The molecule has 6 heteroatoms. The number of hydrogen-bond donors (Lipinski definition) is 1. The molecular weight excluding hydrogens is 214 g/mol. The van der Waals surface area contributed by atoms with Gasteiger partial charge in [0.05, 0.1) is 17.4 Å². The van der Waals surface area contributed by atoms with Crippen LogP contribution in [-0.4, -0.2) is 25.1 Å². The number of aromatic nitrogens is 4. The van der Waals surface area contributed by atoms with Gasteiger partial charge in [-0.05, 0) is 13.8 Å². The Morgan fingerprint density at radius 2 is 2.27 bits per heavy atom. The third kappa shape index (κ3) is 2.43. The monoisotopic (exact) mass is 225 g/mol. The molecule has 2 N–H and O–H groups in total. The molecule has 0 radical (unpaired) electrons. The molecule has 2 aromatic heterocycles. The minimum absolute atomic E-state index is 0.325. The van der Waals surface area contributed by atoms with E-state index in [-0.39, 0.29) is 5.54 Å². The maximum Gasteiger partial charge on any atom is 0.252 e. The van der Waals surface area contributed by atoms with Gasteiger partial charge in [-0.3, -0.25) is 0 Å². The summed E-state index contributed by atoms with van der Waals surface area (Å²) in [5, 5.41) is 4.77. The lowest BCUT2D eigenvalue weighted by molar-refractivity contribution is 0.502. The van der Waals surface area contributed by atoms with E-state index in [4.69, 9.17) is 17.3 Å². The van der Waals surface area contributed by atoms with Crippen molar-refractivity contribution in [2.24, 2.45) is 5.73 Å². The quantitative estimate of drug-likeness (QED) is 0.830. The van der Waals surface area contributed by atoms with E-state index in [1.165, 1.54) is 0 Å². The van der Waals surface area contributed by atoms with Crippen molar-refractivity contribution in [2.45, 2.75) is 25.8 Å². The molecule has 0 saturated heterocycles. The highest BCUT2D eigenvalue weighted by Crippen LogP contribution is 2.09. The second kappa shape index (κ2) is 3.43. The van der Waals surface area contributed by atoms with Crippen LogP contribution in [0.2, 0.25) is 5.02 Å². The summed E-state index contributed by atoms with van der Waals surface area (Å²) in [4.78, 5) is 8.29. The Morgan fingerprint density at radius 1 is 1.53 bits per heavy atom. The van der Waals surface area contributed by atoms with E-state index >= 15 is 0 Å². The summed E-state index contributed by atoms with van der Waals surface area (Å²) in [6.07, 6.45) is 3.82. The molecule has 0 aliphatic heterocycles. The topological polar surface area (TPSA) is 69.1 Å². The Kier molecular flexibility index (Phi) is 2.36. The number of nitrogens with zero attached hydrogens (tertiary/aromatic N) is 4. The third-order valence-corrected chi connectivity index (χ3v) is 2.02. The van der Waals surface area contributed by atoms with Crippen LogP contribution in [0, 0.1) is 0 Å². The zero-order valence-electron chi connectivity index (χ0n) is 8.61. The van der Waals surface area contributed by atoms with Crippen molar-refractivity contribution in [3.05, 3.63) is 23.2 Å². The number of hydrogen-bond acceptors (Lipinski definition) is 4. The molecule has 0 aliphatic rings. The van der Waals surface area contributed by atoms with Crippen LogP contribution >= 0.6 is 11.6 Å². The Bertz CT molecular complexity index is 485. The van der Waals surface area contributed by atoms with E-state index < -0.39 is 0 Å². The average molecular weight is 226 g/mol. The van der Waals surface area contributed by atoms with Gasteiger partial charge in [-0.1, -0.05) is 11.6 Å². The summed E-state index contributed by atoms with van der Waals surface area (Å²) in [6.45, 7) is 3.86. The van der Waals surface area contributed by atoms with Gasteiger partial charge < -0.3 is 5.73 Å². The summed E-state index contributed by atoms with van der Waals surface area (Å²) >= 11 is 5.79. The highest BCUT2D eigenvalue weighted by Gasteiger charge is 2.15. The predicted octanol–water partition coefficient (Wildman–Crippen LogP) is 1.06. The van der Waals surface area contributed by atoms with Crippen LogP contribution in [-0.2, 0) is 6.42 Å². The van der Waals surface area contributed by atoms with Crippen molar-refractivity contribution >= 4 is 17.4 Å². The molecule has 0 fully saturated rings. The summed E-state index contributed by atoms with van der Waals surface area (Å²) in [7, 11) is 0. The smallest absolute Gasteiger partial charge is 0.252 e. The van der Waals surface area contributed by atoms with Crippen LogP contribution < -0.4 is 5.73 Å². The summed E-state index contributed by atoms with van der Waals surface area (Å²) in [5.41, 5.74) is 5.56. The molecule has 2 rings (SSSR count). The second-order valence-electron chi connectivity index (χ2n) is 4.21. The first-order chi connectivity index (χ1) is 6.94. The highest BCUT2D eigenvalue weighted by atomic mass is 35.5. The number of fused-ring (bicyclic) bond motifs is 1. The minimum atomic E-state index is -0.325. The first-order valence-electron chi connectivity index (χ1n) is 4.60. The maximum absolute atomic E-state index is 5.88. The first kappa shape index (κ1) is 10.3. The van der Waals surface area contributed by atoms with Crippen molar-refractivity contribution < 1.29 is 0 Å². The molecule has 0 aliphatic carbocycles. The van der Waals surface area contributed by atoms with Gasteiger partial charge in [0.2, 0.25) is 0 Å². The van der Waals surface area contributed by atoms with Gasteiger partial charge in [0.15, 0.2) is 5.82 Å². The van der Waals surface area contributed by atoms with Gasteiger partial charge in [-0.15, -0.1) is 5.10 Å². The van der Waals surface area contributed by atoms with E-state index in [1.807, 2.05) is 13.8 Å². The molecule has 2 aromatic rings. The lowest BCUT2D eigenvalue weighted by Crippen LogP contribution is -2.34. The molecule has 0 saturated carbocycles. The van der Waals surface area contributed by atoms with E-state index in [0.717, 1.165) is 0 Å². The van der Waals surface area contributed by atoms with Crippen LogP contribution in [0.3, 0.4) is 0 Å². The molecule has 0 spiro atoms. The SMILES string of the molecule is CC(C)(N)Cc1nc2ncc(Cl)cn2n1. The van der Waals surface area contributed by atoms with Crippen molar-refractivity contribution in [3.8, 4) is 0 Å². The van der Waals surface area contributed by atoms with E-state index in [0.29, 0.717) is 23.0 Å². The third-order valence-electron chi connectivity index (χ3n) is 1.82. The van der Waals surface area contributed by atoms with Gasteiger partial charge in [0.25, 0.3) is 5.78 Å². The van der Waals surface area contributed by atoms with Crippen molar-refractivity contribution in [1.29, 1.82) is 0 Å². The summed E-state index contributed by atoms with van der Waals surface area (Å²) in [5.74, 6) is 1.22. The Hall–Kier alpha value is -1.20. The minimum Gasteiger partial charge on any atom is -0.325 e. The second-order valence-corrected chi connectivity index (χ2v) is 4.65. The van der Waals surface area contributed by atoms with Gasteiger partial charge in [0.1, 0.15) is 0 Å². The average Bonchev–Trinajstić information content (AvgIpc) is 2.42. The van der Waals surface area contributed by atoms with Crippen LogP contribution in [0.4, 0.5) is 0 Å².